The summed E-state index contributed by atoms with van der Waals surface area (Å²) in [5, 5.41) is 8.44. The van der Waals surface area contributed by atoms with Gasteiger partial charge in [-0.2, -0.15) is 0 Å². The van der Waals surface area contributed by atoms with Crippen molar-refractivity contribution in [2.24, 2.45) is 5.92 Å². The lowest BCUT2D eigenvalue weighted by Gasteiger charge is -2.32. The summed E-state index contributed by atoms with van der Waals surface area (Å²) in [5.41, 5.74) is 0. The number of hydrogen-bond acceptors (Lipinski definition) is 5. The van der Waals surface area contributed by atoms with Gasteiger partial charge in [-0.15, -0.1) is 10.2 Å². The number of hydrogen-bond donors (Lipinski definition) is 0. The number of aromatic nitrogens is 3. The minimum Gasteiger partial charge on any atom is -0.376 e. The highest BCUT2D eigenvalue weighted by atomic mass is 16.5. The molecule has 24 heavy (non-hydrogen) atoms. The summed E-state index contributed by atoms with van der Waals surface area (Å²) in [6.45, 7) is 9.38. The number of carbonyl (C=O) groups is 1. The standard InChI is InChI=1S/C17H28N4O3/c1-4-14-18-19-15-10-20(7-8-21(14)15)17(22)16(12(2)3)24-11-13-6-5-9-23-13/h12-13,16H,4-11H2,1-3H3/t13-,16-/m0/s1. The lowest BCUT2D eigenvalue weighted by atomic mass is 10.1. The van der Waals surface area contributed by atoms with Crippen molar-refractivity contribution in [3.05, 3.63) is 11.6 Å². The first-order chi connectivity index (χ1) is 11.6. The van der Waals surface area contributed by atoms with Gasteiger partial charge in [-0.05, 0) is 18.8 Å². The first kappa shape index (κ1) is 17.4. The Morgan fingerprint density at radius 2 is 2.21 bits per heavy atom. The Bertz CT molecular complexity index is 566. The Morgan fingerprint density at radius 3 is 2.88 bits per heavy atom. The van der Waals surface area contributed by atoms with E-state index in [9.17, 15) is 4.79 Å². The van der Waals surface area contributed by atoms with E-state index in [4.69, 9.17) is 9.47 Å². The third-order valence-corrected chi connectivity index (χ3v) is 4.79. The molecule has 0 N–H and O–H groups in total. The number of fused-ring (bicyclic) bond motifs is 1. The molecule has 1 saturated heterocycles. The minimum absolute atomic E-state index is 0.0512. The molecular weight excluding hydrogens is 308 g/mol. The van der Waals surface area contributed by atoms with E-state index in [2.05, 4.69) is 21.7 Å². The molecule has 2 aliphatic heterocycles. The van der Waals surface area contributed by atoms with Gasteiger partial charge in [-0.3, -0.25) is 4.79 Å². The SMILES string of the molecule is CCc1nnc2n1CCN(C(=O)[C@@H](OC[C@@H]1CCCO1)C(C)C)C2. The van der Waals surface area contributed by atoms with Crippen LogP contribution in [0.2, 0.25) is 0 Å². The number of amides is 1. The molecule has 0 aromatic carbocycles. The second kappa shape index (κ2) is 7.61. The zero-order valence-corrected chi connectivity index (χ0v) is 14.9. The van der Waals surface area contributed by atoms with Gasteiger partial charge in [0.05, 0.1) is 19.3 Å². The van der Waals surface area contributed by atoms with Crippen molar-refractivity contribution in [1.82, 2.24) is 19.7 Å². The molecule has 7 heteroatoms. The van der Waals surface area contributed by atoms with E-state index in [0.29, 0.717) is 19.7 Å². The highest BCUT2D eigenvalue weighted by molar-refractivity contribution is 5.81. The molecule has 2 atom stereocenters. The molecule has 7 nitrogen and oxygen atoms in total. The van der Waals surface area contributed by atoms with Crippen molar-refractivity contribution in [3.63, 3.8) is 0 Å². The quantitative estimate of drug-likeness (QED) is 0.785. The molecular formula is C17H28N4O3. The fourth-order valence-electron chi connectivity index (χ4n) is 3.38. The van der Waals surface area contributed by atoms with E-state index in [1.165, 1.54) is 0 Å². The lowest BCUT2D eigenvalue weighted by Crippen LogP contribution is -2.47. The first-order valence-corrected chi connectivity index (χ1v) is 9.03. The van der Waals surface area contributed by atoms with Crippen LogP contribution in [-0.2, 0) is 33.8 Å². The highest BCUT2D eigenvalue weighted by Crippen LogP contribution is 2.19. The van der Waals surface area contributed by atoms with Crippen LogP contribution in [-0.4, -0.2) is 57.5 Å². The number of ether oxygens (including phenoxy) is 2. The smallest absolute Gasteiger partial charge is 0.252 e. The van der Waals surface area contributed by atoms with Crippen LogP contribution in [0.15, 0.2) is 0 Å². The molecule has 3 rings (SSSR count). The molecule has 0 aliphatic carbocycles. The molecule has 3 heterocycles. The number of carbonyl (C=O) groups excluding carboxylic acids is 1. The summed E-state index contributed by atoms with van der Waals surface area (Å²) in [6.07, 6.45) is 2.67. The second-order valence-electron chi connectivity index (χ2n) is 6.93. The Kier molecular flexibility index (Phi) is 5.50. The summed E-state index contributed by atoms with van der Waals surface area (Å²) < 4.78 is 13.7. The van der Waals surface area contributed by atoms with Crippen LogP contribution in [0, 0.1) is 5.92 Å². The second-order valence-corrected chi connectivity index (χ2v) is 6.93. The van der Waals surface area contributed by atoms with Crippen LogP contribution in [0.25, 0.3) is 0 Å². The maximum Gasteiger partial charge on any atom is 0.252 e. The van der Waals surface area contributed by atoms with Crippen LogP contribution in [0.4, 0.5) is 0 Å². The summed E-state index contributed by atoms with van der Waals surface area (Å²) in [5.74, 6) is 2.04. The van der Waals surface area contributed by atoms with Crippen molar-refractivity contribution in [1.29, 1.82) is 0 Å². The molecule has 1 aromatic rings. The zero-order valence-electron chi connectivity index (χ0n) is 14.9. The molecule has 1 aromatic heterocycles. The van der Waals surface area contributed by atoms with Gasteiger partial charge >= 0.3 is 0 Å². The topological polar surface area (TPSA) is 69.5 Å². The Morgan fingerprint density at radius 1 is 1.38 bits per heavy atom. The van der Waals surface area contributed by atoms with Crippen molar-refractivity contribution in [3.8, 4) is 0 Å². The largest absolute Gasteiger partial charge is 0.376 e. The monoisotopic (exact) mass is 336 g/mol. The minimum atomic E-state index is -0.422. The van der Waals surface area contributed by atoms with Gasteiger partial charge in [0, 0.05) is 26.1 Å². The van der Waals surface area contributed by atoms with Gasteiger partial charge in [0.1, 0.15) is 11.9 Å². The van der Waals surface area contributed by atoms with Gasteiger partial charge in [0.25, 0.3) is 5.91 Å². The molecule has 0 saturated carbocycles. The predicted octanol–water partition coefficient (Wildman–Crippen LogP) is 1.40. The predicted molar refractivity (Wildman–Crippen MR) is 88.4 cm³/mol. The van der Waals surface area contributed by atoms with E-state index >= 15 is 0 Å². The maximum atomic E-state index is 12.9. The van der Waals surface area contributed by atoms with Gasteiger partial charge < -0.3 is 18.9 Å². The highest BCUT2D eigenvalue weighted by Gasteiger charge is 2.32. The van der Waals surface area contributed by atoms with Crippen molar-refractivity contribution < 1.29 is 14.3 Å². The number of aryl methyl sites for hydroxylation is 1. The lowest BCUT2D eigenvalue weighted by molar-refractivity contribution is -0.150. The van der Waals surface area contributed by atoms with E-state index in [0.717, 1.165) is 44.1 Å². The number of nitrogens with zero attached hydrogens (tertiary/aromatic N) is 4. The molecule has 0 unspecified atom stereocenters. The Hall–Kier alpha value is -1.47. The first-order valence-electron chi connectivity index (χ1n) is 9.03. The third-order valence-electron chi connectivity index (χ3n) is 4.79. The molecule has 2 aliphatic rings. The normalized spacial score (nSPS) is 22.0. The summed E-state index contributed by atoms with van der Waals surface area (Å²) in [7, 11) is 0. The average Bonchev–Trinajstić information content (AvgIpc) is 3.23. The van der Waals surface area contributed by atoms with Crippen LogP contribution >= 0.6 is 0 Å². The van der Waals surface area contributed by atoms with Crippen LogP contribution < -0.4 is 0 Å². The van der Waals surface area contributed by atoms with Crippen LogP contribution in [0.1, 0.15) is 45.3 Å². The summed E-state index contributed by atoms with van der Waals surface area (Å²) >= 11 is 0. The number of rotatable bonds is 6. The maximum absolute atomic E-state index is 12.9. The van der Waals surface area contributed by atoms with Crippen LogP contribution in [0.3, 0.4) is 0 Å². The molecule has 134 valence electrons. The Labute approximate surface area is 143 Å². The third kappa shape index (κ3) is 3.62. The van der Waals surface area contributed by atoms with Gasteiger partial charge in [0.15, 0.2) is 5.82 Å². The fraction of sp³-hybridized carbons (Fsp3) is 0.824. The molecule has 0 bridgehead atoms. The van der Waals surface area contributed by atoms with Gasteiger partial charge in [-0.25, -0.2) is 0 Å². The molecule has 0 radical (unpaired) electrons. The summed E-state index contributed by atoms with van der Waals surface area (Å²) in [4.78, 5) is 14.8. The molecule has 0 spiro atoms. The molecule has 1 amide bonds. The van der Waals surface area contributed by atoms with Gasteiger partial charge in [-0.1, -0.05) is 20.8 Å². The summed E-state index contributed by atoms with van der Waals surface area (Å²) in [6, 6.07) is 0. The van der Waals surface area contributed by atoms with E-state index in [-0.39, 0.29) is 17.9 Å². The van der Waals surface area contributed by atoms with E-state index < -0.39 is 6.10 Å². The molecule has 1 fully saturated rings. The van der Waals surface area contributed by atoms with Crippen molar-refractivity contribution in [2.45, 2.75) is 65.3 Å². The Balaban J connectivity index is 1.62. The van der Waals surface area contributed by atoms with E-state index in [1.807, 2.05) is 18.7 Å². The van der Waals surface area contributed by atoms with Crippen LogP contribution in [0.5, 0.6) is 0 Å². The van der Waals surface area contributed by atoms with Gasteiger partial charge in [0.2, 0.25) is 0 Å². The average molecular weight is 336 g/mol. The van der Waals surface area contributed by atoms with E-state index in [1.54, 1.807) is 0 Å². The fourth-order valence-corrected chi connectivity index (χ4v) is 3.38. The zero-order chi connectivity index (χ0) is 17.1. The van der Waals surface area contributed by atoms with Crippen molar-refractivity contribution >= 4 is 5.91 Å². The van der Waals surface area contributed by atoms with Crippen molar-refractivity contribution in [2.75, 3.05) is 19.8 Å².